The van der Waals surface area contributed by atoms with Gasteiger partial charge in [-0.2, -0.15) is 4.89 Å². The summed E-state index contributed by atoms with van der Waals surface area (Å²) in [5.74, 6) is -2.04. The molecule has 7 N–H and O–H groups in total. The van der Waals surface area contributed by atoms with E-state index in [2.05, 4.69) is 0 Å². The first-order valence-electron chi connectivity index (χ1n) is 4.34. The van der Waals surface area contributed by atoms with Crippen molar-refractivity contribution in [2.24, 2.45) is 0 Å². The van der Waals surface area contributed by atoms with Crippen molar-refractivity contribution in [2.75, 3.05) is 0 Å². The predicted molar refractivity (Wildman–Crippen MR) is 84.4 cm³/mol. The number of halogens is 3. The van der Waals surface area contributed by atoms with Crippen LogP contribution in [-0.4, -0.2) is 45.7 Å². The second kappa shape index (κ2) is 14.2. The van der Waals surface area contributed by atoms with Crippen LogP contribution < -0.4 is 4.89 Å². The van der Waals surface area contributed by atoms with Gasteiger partial charge in [-0.3, -0.25) is 13.9 Å². The lowest BCUT2D eigenvalue weighted by molar-refractivity contribution is -0.180. The molecule has 0 aromatic carbocycles. The number of rotatable bonds is 2. The van der Waals surface area contributed by atoms with Gasteiger partial charge in [0.1, 0.15) is 0 Å². The van der Waals surface area contributed by atoms with E-state index in [0.717, 1.165) is 6.92 Å². The number of aliphatic hydroxyl groups is 1. The summed E-state index contributed by atoms with van der Waals surface area (Å²) < 4.78 is 29.1. The van der Waals surface area contributed by atoms with Crippen LogP contribution in [0.15, 0.2) is 0 Å². The zero-order valence-corrected chi connectivity index (χ0v) is 16.9. The quantitative estimate of drug-likeness (QED) is 0.274. The van der Waals surface area contributed by atoms with Gasteiger partial charge in [0.05, 0.1) is 0 Å². The smallest absolute Gasteiger partial charge is 0.485 e. The van der Waals surface area contributed by atoms with Crippen molar-refractivity contribution in [1.82, 2.24) is 0 Å². The van der Waals surface area contributed by atoms with Crippen molar-refractivity contribution < 1.29 is 59.5 Å². The monoisotopic (exact) mass is 484 g/mol. The van der Waals surface area contributed by atoms with Crippen LogP contribution >= 0.6 is 63.1 Å². The van der Waals surface area contributed by atoms with Crippen LogP contribution in [0.3, 0.4) is 0 Å². The van der Waals surface area contributed by atoms with Crippen molar-refractivity contribution in [1.29, 1.82) is 0 Å². The Kier molecular flexibility index (Phi) is 19.7. The molecule has 0 radical (unpaired) electrons. The van der Waals surface area contributed by atoms with E-state index in [9.17, 15) is 9.13 Å². The molecule has 1 unspecified atom stereocenters. The van der Waals surface area contributed by atoms with Crippen molar-refractivity contribution in [3.63, 3.8) is 0 Å². The number of aliphatic carboxylic acids is 1. The molecule has 0 heterocycles. The summed E-state index contributed by atoms with van der Waals surface area (Å²) >= 11 is 14.6. The number of carboxylic acids is 1. The molecule has 0 rings (SSSR count). The fraction of sp³-hybridized carbons (Fsp3) is 0.750. The molecule has 0 fully saturated rings. The van der Waals surface area contributed by atoms with E-state index >= 15 is 0 Å². The van der Waals surface area contributed by atoms with Crippen LogP contribution in [0.1, 0.15) is 15.3 Å². The van der Waals surface area contributed by atoms with Gasteiger partial charge in [-0.15, -0.1) is 0 Å². The van der Waals surface area contributed by atoms with Crippen molar-refractivity contribution in [3.05, 3.63) is 0 Å². The van der Waals surface area contributed by atoms with Crippen LogP contribution in [-0.2, 0) is 18.5 Å². The van der Waals surface area contributed by atoms with Gasteiger partial charge in [-0.25, -0.2) is 0 Å². The molecule has 0 aliphatic heterocycles. The van der Waals surface area contributed by atoms with E-state index in [4.69, 9.17) is 82.7 Å². The molecule has 0 aliphatic rings. The molecule has 0 aliphatic carbocycles. The summed E-state index contributed by atoms with van der Waals surface area (Å²) in [4.78, 5) is 57.6. The highest BCUT2D eigenvalue weighted by Crippen LogP contribution is 2.66. The molecule has 144 valence electrons. The highest BCUT2D eigenvalue weighted by Gasteiger charge is 2.55. The molecule has 0 aromatic rings. The van der Waals surface area contributed by atoms with E-state index in [1.54, 1.807) is 0 Å². The molecule has 12 nitrogen and oxygen atoms in total. The fourth-order valence-electron chi connectivity index (χ4n) is 0.170. The normalized spacial score (nSPS) is 11.8. The number of hydrogen-bond acceptors (Lipinski definition) is 6. The van der Waals surface area contributed by atoms with Crippen LogP contribution in [0, 0.1) is 0 Å². The predicted octanol–water partition coefficient (Wildman–Crippen LogP) is 1.27. The summed E-state index contributed by atoms with van der Waals surface area (Å²) in [7, 11) is -13.5. The van der Waals surface area contributed by atoms with Crippen LogP contribution in [0.25, 0.3) is 0 Å². The molecule has 1 atom stereocenters. The molecule has 23 heavy (non-hydrogen) atoms. The van der Waals surface area contributed by atoms with Gasteiger partial charge in [-0.1, -0.05) is 33.7 Å². The Bertz CT molecular complexity index is 401. The third kappa shape index (κ3) is 28.1. The van der Waals surface area contributed by atoms with E-state index in [-0.39, 0.29) is 1.43 Å². The van der Waals surface area contributed by atoms with Gasteiger partial charge in [0.2, 0.25) is 0 Å². The summed E-state index contributed by atoms with van der Waals surface area (Å²) in [5.41, 5.74) is 0. The molecule has 0 saturated carbocycles. The first-order valence-corrected chi connectivity index (χ1v) is 12.7. The van der Waals surface area contributed by atoms with Gasteiger partial charge in [0.25, 0.3) is 11.1 Å². The minimum Gasteiger partial charge on any atom is -0.567 e. The minimum atomic E-state index is -5.20. The molecular weight excluding hydrogens is 470 g/mol. The van der Waals surface area contributed by atoms with Crippen molar-refractivity contribution in [3.8, 4) is 0 Å². The van der Waals surface area contributed by atoms with Crippen LogP contribution in [0.5, 0.6) is 0 Å². The number of hydrogen-bond donors (Lipinski definition) is 7. The Morgan fingerprint density at radius 1 is 1.17 bits per heavy atom. The SMILES string of the molecule is CC(=O)O.CC(O)(P(=O)(O)O)P(=O)(O)O.ClP(Cl)Cl.O=[P+]([O-])O.[HH]. The van der Waals surface area contributed by atoms with Crippen molar-refractivity contribution in [2.45, 2.75) is 18.9 Å². The maximum Gasteiger partial charge on any atom is 0.485 e. The Morgan fingerprint density at radius 3 is 1.26 bits per heavy atom. The van der Waals surface area contributed by atoms with E-state index in [1.165, 1.54) is 0 Å². The summed E-state index contributed by atoms with van der Waals surface area (Å²) in [5, 5.41) is 12.8. The lowest BCUT2D eigenvalue weighted by Gasteiger charge is -2.24. The minimum absolute atomic E-state index is 0. The Hall–Kier alpha value is 1.05. The number of carboxylic acid groups (broad SMARTS) is 1. The fourth-order valence-corrected chi connectivity index (χ4v) is 1.53. The highest BCUT2D eigenvalue weighted by molar-refractivity contribution is 8.20. The molecule has 0 spiro atoms. The summed E-state index contributed by atoms with van der Waals surface area (Å²) in [6.45, 7) is 1.47. The van der Waals surface area contributed by atoms with Gasteiger partial charge < -0.3 is 34.7 Å². The second-order valence-corrected chi connectivity index (χ2v) is 12.7. The standard InChI is InChI=1S/C2H8O7P2.C2H4O2.Cl3P.HO3P.H2/c1-2(3,10(4,5)6)11(7,8)9;1-2(3)4;2*1-4(2)3;/h3H,1H3,(H2,4,5,6)(H2,7,8,9);1H3,(H,3,4);;(H,1,2,3);1H. The maximum absolute atomic E-state index is 10.3. The Labute approximate surface area is 147 Å². The van der Waals surface area contributed by atoms with Gasteiger partial charge in [0.15, 0.2) is 5.98 Å². The van der Waals surface area contributed by atoms with Gasteiger partial charge in [0, 0.05) is 8.35 Å². The third-order valence-electron chi connectivity index (χ3n) is 1.10. The lowest BCUT2D eigenvalue weighted by atomic mass is 10.9. The largest absolute Gasteiger partial charge is 0.567 e. The van der Waals surface area contributed by atoms with E-state index in [0.29, 0.717) is 6.92 Å². The average Bonchev–Trinajstić information content (AvgIpc) is 2.09. The molecule has 0 aromatic heterocycles. The highest BCUT2D eigenvalue weighted by atomic mass is 36.0. The first kappa shape index (κ1) is 31.8. The van der Waals surface area contributed by atoms with Crippen molar-refractivity contribution >= 4 is 69.1 Å². The van der Waals surface area contributed by atoms with Gasteiger partial charge >= 0.3 is 23.4 Å². The second-order valence-electron chi connectivity index (χ2n) is 3.01. The summed E-state index contributed by atoms with van der Waals surface area (Å²) in [6.07, 6.45) is 0. The molecule has 0 saturated heterocycles. The maximum atomic E-state index is 10.3. The zero-order valence-electron chi connectivity index (χ0n) is 11.1. The number of carbonyl (C=O) groups is 1. The summed E-state index contributed by atoms with van der Waals surface area (Å²) in [6, 6.07) is 0. The molecule has 19 heteroatoms. The Morgan fingerprint density at radius 2 is 1.26 bits per heavy atom. The van der Waals surface area contributed by atoms with E-state index < -0.39 is 40.5 Å². The van der Waals surface area contributed by atoms with Gasteiger partial charge in [-0.05, 0) is 11.5 Å². The zero-order chi connectivity index (χ0) is 20.2. The van der Waals surface area contributed by atoms with E-state index in [1.807, 2.05) is 0 Å². The van der Waals surface area contributed by atoms with Crippen LogP contribution in [0.4, 0.5) is 0 Å². The molecule has 0 amide bonds. The third-order valence-corrected chi connectivity index (χ3v) is 4.87. The van der Waals surface area contributed by atoms with Crippen LogP contribution in [0.2, 0.25) is 0 Å². The average molecular weight is 485 g/mol. The molecule has 0 bridgehead atoms. The topological polar surface area (TPSA) is 233 Å². The Balaban J connectivity index is -0.0000000772. The first-order chi connectivity index (χ1) is 9.70. The molecular formula is C4H15Cl3O12P4. The lowest BCUT2D eigenvalue weighted by Crippen LogP contribution is -2.23.